The van der Waals surface area contributed by atoms with Gasteiger partial charge in [-0.3, -0.25) is 4.79 Å². The number of hydrogen-bond donors (Lipinski definition) is 1. The van der Waals surface area contributed by atoms with Crippen LogP contribution in [0.1, 0.15) is 12.0 Å². The predicted octanol–water partition coefficient (Wildman–Crippen LogP) is 4.01. The van der Waals surface area contributed by atoms with Crippen LogP contribution in [0, 0.1) is 11.3 Å². The Labute approximate surface area is 161 Å². The number of benzene rings is 2. The van der Waals surface area contributed by atoms with Gasteiger partial charge in [-0.1, -0.05) is 53.7 Å². The fraction of sp³-hybridized carbons (Fsp3) is 0.211. The Kier molecular flexibility index (Phi) is 6.16. The second kappa shape index (κ2) is 8.75. The normalized spacial score (nSPS) is 10.6. The van der Waals surface area contributed by atoms with Crippen LogP contribution in [0.2, 0.25) is 5.02 Å². The van der Waals surface area contributed by atoms with Crippen LogP contribution in [0.3, 0.4) is 0 Å². The van der Waals surface area contributed by atoms with E-state index < -0.39 is 0 Å². The Bertz CT molecular complexity index is 964. The number of nitriles is 1. The van der Waals surface area contributed by atoms with Crippen molar-refractivity contribution in [1.29, 1.82) is 5.26 Å². The Hall–Kier alpha value is -2.49. The molecule has 0 spiro atoms. The molecule has 0 radical (unpaired) electrons. The number of hydrogen-bond acceptors (Lipinski definition) is 4. The van der Waals surface area contributed by atoms with E-state index in [0.29, 0.717) is 24.5 Å². The molecule has 0 bridgehead atoms. The number of nitrogens with one attached hydrogen (secondary N) is 1. The highest BCUT2D eigenvalue weighted by Gasteiger charge is 2.13. The van der Waals surface area contributed by atoms with Crippen molar-refractivity contribution in [2.24, 2.45) is 0 Å². The highest BCUT2D eigenvalue weighted by atomic mass is 35.5. The summed E-state index contributed by atoms with van der Waals surface area (Å²) in [5.41, 5.74) is 2.72. The maximum absolute atomic E-state index is 12.2. The number of nitrogens with zero attached hydrogens (tertiary/aromatic N) is 3. The first-order valence-electron chi connectivity index (χ1n) is 8.14. The summed E-state index contributed by atoms with van der Waals surface area (Å²) in [6.45, 7) is 0.949. The summed E-state index contributed by atoms with van der Waals surface area (Å²) in [6, 6.07) is 17.4. The zero-order chi connectivity index (χ0) is 18.4. The number of aryl methyl sites for hydroxylation is 1. The predicted molar refractivity (Wildman–Crippen MR) is 104 cm³/mol. The Morgan fingerprint density at radius 2 is 2.00 bits per heavy atom. The smallest absolute Gasteiger partial charge is 0.230 e. The SMILES string of the molecule is N#CCCn1c(SCC(=O)NCc2ccccc2Cl)nc2ccccc21. The topological polar surface area (TPSA) is 70.7 Å². The van der Waals surface area contributed by atoms with Crippen molar-refractivity contribution < 1.29 is 4.79 Å². The average molecular weight is 385 g/mol. The van der Waals surface area contributed by atoms with Gasteiger partial charge in [-0.05, 0) is 23.8 Å². The van der Waals surface area contributed by atoms with Crippen molar-refractivity contribution in [3.63, 3.8) is 0 Å². The summed E-state index contributed by atoms with van der Waals surface area (Å²) in [6.07, 6.45) is 0.395. The van der Waals surface area contributed by atoms with Gasteiger partial charge in [0.05, 0.1) is 29.3 Å². The van der Waals surface area contributed by atoms with Gasteiger partial charge < -0.3 is 9.88 Å². The van der Waals surface area contributed by atoms with Gasteiger partial charge in [0.25, 0.3) is 0 Å². The van der Waals surface area contributed by atoms with E-state index in [1.54, 1.807) is 6.07 Å². The van der Waals surface area contributed by atoms with E-state index in [0.717, 1.165) is 21.8 Å². The molecule has 0 aliphatic heterocycles. The second-order valence-electron chi connectivity index (χ2n) is 5.60. The quantitative estimate of drug-likeness (QED) is 0.625. The molecule has 7 heteroatoms. The van der Waals surface area contributed by atoms with Crippen LogP contribution in [-0.4, -0.2) is 21.2 Å². The Balaban J connectivity index is 1.64. The molecular weight excluding hydrogens is 368 g/mol. The van der Waals surface area contributed by atoms with Crippen molar-refractivity contribution in [3.8, 4) is 6.07 Å². The first-order chi connectivity index (χ1) is 12.7. The van der Waals surface area contributed by atoms with Crippen molar-refractivity contribution in [3.05, 3.63) is 59.1 Å². The number of carbonyl (C=O) groups is 1. The second-order valence-corrected chi connectivity index (χ2v) is 6.95. The molecule has 3 aromatic rings. The molecule has 0 fully saturated rings. The number of amides is 1. The highest BCUT2D eigenvalue weighted by Crippen LogP contribution is 2.24. The summed E-state index contributed by atoms with van der Waals surface area (Å²) < 4.78 is 1.99. The summed E-state index contributed by atoms with van der Waals surface area (Å²) >= 11 is 7.47. The van der Waals surface area contributed by atoms with Gasteiger partial charge in [-0.15, -0.1) is 0 Å². The molecule has 0 saturated carbocycles. The fourth-order valence-electron chi connectivity index (χ4n) is 2.56. The minimum Gasteiger partial charge on any atom is -0.351 e. The summed E-state index contributed by atoms with van der Waals surface area (Å²) in [4.78, 5) is 16.8. The molecule has 26 heavy (non-hydrogen) atoms. The van der Waals surface area contributed by atoms with Crippen molar-refractivity contribution in [2.45, 2.75) is 24.7 Å². The Morgan fingerprint density at radius 3 is 2.81 bits per heavy atom. The van der Waals surface area contributed by atoms with Gasteiger partial charge in [0.2, 0.25) is 5.91 Å². The number of thioether (sulfide) groups is 1. The lowest BCUT2D eigenvalue weighted by atomic mass is 10.2. The Morgan fingerprint density at radius 1 is 1.23 bits per heavy atom. The van der Waals surface area contributed by atoms with Gasteiger partial charge >= 0.3 is 0 Å². The van der Waals surface area contributed by atoms with E-state index in [4.69, 9.17) is 16.9 Å². The van der Waals surface area contributed by atoms with Crippen molar-refractivity contribution in [1.82, 2.24) is 14.9 Å². The highest BCUT2D eigenvalue weighted by molar-refractivity contribution is 7.99. The number of para-hydroxylation sites is 2. The summed E-state index contributed by atoms with van der Waals surface area (Å²) in [5, 5.41) is 13.1. The van der Waals surface area contributed by atoms with Crippen LogP contribution in [0.4, 0.5) is 0 Å². The molecule has 1 N–H and O–H groups in total. The monoisotopic (exact) mass is 384 g/mol. The van der Waals surface area contributed by atoms with Gasteiger partial charge in [0.1, 0.15) is 0 Å². The number of imidazole rings is 1. The lowest BCUT2D eigenvalue weighted by Gasteiger charge is -2.08. The van der Waals surface area contributed by atoms with Crippen molar-refractivity contribution >= 4 is 40.3 Å². The molecule has 3 rings (SSSR count). The molecule has 1 aromatic heterocycles. The number of rotatable bonds is 7. The maximum Gasteiger partial charge on any atom is 0.230 e. The van der Waals surface area contributed by atoms with Crippen LogP contribution in [0.15, 0.2) is 53.7 Å². The zero-order valence-corrected chi connectivity index (χ0v) is 15.6. The van der Waals surface area contributed by atoms with Crippen LogP contribution in [0.25, 0.3) is 11.0 Å². The first kappa shape index (κ1) is 18.3. The van der Waals surface area contributed by atoms with E-state index in [1.807, 2.05) is 47.0 Å². The van der Waals surface area contributed by atoms with Gasteiger partial charge in [-0.25, -0.2) is 4.98 Å². The molecule has 0 atom stereocenters. The third-order valence-corrected chi connectivity index (χ3v) is 5.18. The van der Waals surface area contributed by atoms with Crippen LogP contribution in [-0.2, 0) is 17.9 Å². The maximum atomic E-state index is 12.2. The largest absolute Gasteiger partial charge is 0.351 e. The number of carbonyl (C=O) groups excluding carboxylic acids is 1. The lowest BCUT2D eigenvalue weighted by Crippen LogP contribution is -2.24. The molecule has 0 aliphatic rings. The fourth-order valence-corrected chi connectivity index (χ4v) is 3.63. The average Bonchev–Trinajstić information content (AvgIpc) is 3.01. The summed E-state index contributed by atoms with van der Waals surface area (Å²) in [5.74, 6) is 0.161. The lowest BCUT2D eigenvalue weighted by molar-refractivity contribution is -0.118. The third kappa shape index (κ3) is 4.37. The first-order valence-corrected chi connectivity index (χ1v) is 9.50. The molecule has 0 aliphatic carbocycles. The number of fused-ring (bicyclic) bond motifs is 1. The standard InChI is InChI=1S/C19H17ClN4OS/c20-15-7-2-1-6-14(15)12-22-18(25)13-26-19-23-16-8-3-4-9-17(16)24(19)11-5-10-21/h1-4,6-9H,5,11-13H2,(H,22,25). The van der Waals surface area contributed by atoms with Gasteiger partial charge in [-0.2, -0.15) is 5.26 Å². The molecule has 1 heterocycles. The van der Waals surface area contributed by atoms with Gasteiger partial charge in [0, 0.05) is 18.1 Å². The summed E-state index contributed by atoms with van der Waals surface area (Å²) in [7, 11) is 0. The molecule has 132 valence electrons. The minimum absolute atomic E-state index is 0.0891. The van der Waals surface area contributed by atoms with E-state index in [2.05, 4.69) is 16.4 Å². The van der Waals surface area contributed by atoms with Crippen molar-refractivity contribution in [2.75, 3.05) is 5.75 Å². The molecular formula is C19H17ClN4OS. The van der Waals surface area contributed by atoms with E-state index in [-0.39, 0.29) is 11.7 Å². The van der Waals surface area contributed by atoms with E-state index in [9.17, 15) is 4.79 Å². The third-order valence-electron chi connectivity index (χ3n) is 3.83. The molecule has 1 amide bonds. The van der Waals surface area contributed by atoms with Gasteiger partial charge in [0.15, 0.2) is 5.16 Å². The van der Waals surface area contributed by atoms with E-state index in [1.165, 1.54) is 11.8 Å². The van der Waals surface area contributed by atoms with E-state index >= 15 is 0 Å². The number of halogens is 1. The zero-order valence-electron chi connectivity index (χ0n) is 14.0. The minimum atomic E-state index is -0.0891. The van der Waals surface area contributed by atoms with Crippen LogP contribution in [0.5, 0.6) is 0 Å². The van der Waals surface area contributed by atoms with Crippen LogP contribution < -0.4 is 5.32 Å². The van der Waals surface area contributed by atoms with Crippen LogP contribution >= 0.6 is 23.4 Å². The molecule has 2 aromatic carbocycles. The molecule has 0 unspecified atom stereocenters. The number of aromatic nitrogens is 2. The molecule has 5 nitrogen and oxygen atoms in total. The molecule has 0 saturated heterocycles.